The minimum absolute atomic E-state index is 0.0387. The number of amides is 7. The van der Waals surface area contributed by atoms with Crippen molar-refractivity contribution in [1.82, 2.24) is 50.0 Å². The average Bonchev–Trinajstić information content (AvgIpc) is 4.34. The number of imidazole rings is 1. The highest BCUT2D eigenvalue weighted by molar-refractivity contribution is 6.12. The van der Waals surface area contributed by atoms with E-state index in [0.29, 0.717) is 65.5 Å². The molecular weight excluding hydrogens is 1000 g/mol. The van der Waals surface area contributed by atoms with Crippen LogP contribution in [0.2, 0.25) is 0 Å². The zero-order valence-electron chi connectivity index (χ0n) is 44.4. The number of H-pyrrole nitrogens is 1. The van der Waals surface area contributed by atoms with E-state index in [-0.39, 0.29) is 81.5 Å². The Hall–Kier alpha value is -9.33. The molecule has 5 heterocycles. The normalized spacial score (nSPS) is 12.9. The molecule has 7 aromatic rings. The molecule has 3 aromatic carbocycles. The van der Waals surface area contributed by atoms with Crippen molar-refractivity contribution in [2.75, 3.05) is 18.4 Å². The molecule has 0 aliphatic carbocycles. The van der Waals surface area contributed by atoms with Crippen LogP contribution < -0.4 is 21.7 Å². The minimum atomic E-state index is -0.861. The number of urea groups is 1. The first-order valence-corrected chi connectivity index (χ1v) is 26.4. The topological polar surface area (TPSA) is 269 Å². The first-order valence-electron chi connectivity index (χ1n) is 26.4. The number of rotatable bonds is 26. The van der Waals surface area contributed by atoms with Crippen molar-refractivity contribution in [3.05, 3.63) is 157 Å². The summed E-state index contributed by atoms with van der Waals surface area (Å²) in [5.41, 5.74) is 13.4. The van der Waals surface area contributed by atoms with E-state index in [9.17, 15) is 33.6 Å². The smallest absolute Gasteiger partial charge is 0.410 e. The zero-order valence-corrected chi connectivity index (χ0v) is 44.4. The number of nitrogens with zero attached hydrogens (tertiary/aromatic N) is 7. The van der Waals surface area contributed by atoms with Crippen LogP contribution in [0.25, 0.3) is 39.4 Å². The predicted octanol–water partition coefficient (Wildman–Crippen LogP) is 8.08. The van der Waals surface area contributed by atoms with Crippen molar-refractivity contribution in [1.29, 1.82) is 0 Å². The first kappa shape index (κ1) is 55.9. The van der Waals surface area contributed by atoms with Gasteiger partial charge in [0.05, 0.1) is 36.2 Å². The number of hydrogen-bond donors (Lipinski definition) is 5. The fourth-order valence-electron chi connectivity index (χ4n) is 9.33. The van der Waals surface area contributed by atoms with Gasteiger partial charge >= 0.3 is 12.1 Å². The Kier molecular flexibility index (Phi) is 18.8. The van der Waals surface area contributed by atoms with Crippen molar-refractivity contribution in [2.45, 2.75) is 91.5 Å². The number of Topliss-reactive ketones (excluding diaryl/α,β-unsaturated/α-hetero) is 1. The maximum Gasteiger partial charge on any atom is 0.410 e. The Morgan fingerprint density at radius 1 is 0.797 bits per heavy atom. The Labute approximate surface area is 457 Å². The van der Waals surface area contributed by atoms with E-state index in [1.807, 2.05) is 112 Å². The number of hydrogen-bond acceptors (Lipinski definition) is 12. The number of ketones is 1. The lowest BCUT2D eigenvalue weighted by atomic mass is 9.89. The van der Waals surface area contributed by atoms with Crippen molar-refractivity contribution < 1.29 is 38.3 Å². The van der Waals surface area contributed by atoms with Gasteiger partial charge in [0.1, 0.15) is 18.8 Å². The number of aromatic amines is 1. The summed E-state index contributed by atoms with van der Waals surface area (Å²) in [6, 6.07) is 32.6. The molecule has 8 rings (SSSR count). The average molecular weight is 1070 g/mol. The molecule has 2 atom stereocenters. The molecule has 1 aliphatic rings. The first-order chi connectivity index (χ1) is 38.2. The van der Waals surface area contributed by atoms with Gasteiger partial charge in [0, 0.05) is 67.1 Å². The summed E-state index contributed by atoms with van der Waals surface area (Å²) < 4.78 is 7.71. The summed E-state index contributed by atoms with van der Waals surface area (Å²) in [6.07, 6.45) is 7.36. The number of carbonyl (C=O) groups excluding carboxylic acids is 7. The van der Waals surface area contributed by atoms with Gasteiger partial charge < -0.3 is 31.4 Å². The Morgan fingerprint density at radius 2 is 1.56 bits per heavy atom. The molecule has 20 heteroatoms. The van der Waals surface area contributed by atoms with Crippen LogP contribution in [0.15, 0.2) is 134 Å². The highest BCUT2D eigenvalue weighted by atomic mass is 16.6. The number of benzene rings is 3. The van der Waals surface area contributed by atoms with Gasteiger partial charge in [-0.15, -0.1) is 0 Å². The molecule has 0 spiro atoms. The monoisotopic (exact) mass is 1070 g/mol. The van der Waals surface area contributed by atoms with Crippen molar-refractivity contribution in [3.8, 4) is 33.8 Å². The van der Waals surface area contributed by atoms with Crippen LogP contribution >= 0.6 is 0 Å². The standard InChI is InChI=1S/C59H64N12O8/c1-38(2)54(68-51(73)21-8-5-11-31-70-52(74)28-29-53(70)75)48(72)32-42(18-13-30-61-58(60)77)57(76)65-45-25-22-40(23-26-45)36-79-59(78)69(33-43-17-9-10-19-46(43)41-15-6-4-7-16-41)35-49-66-55(44-24-27-50-62-37-63-71(50)34-44)56(67-49)47-20-12-14-39(3)64-47/h4,6-7,9-10,12,14-17,19-20,22-29,34,37-38,42,54H,5,8,11,13,18,21,30-33,35-36H2,1-3H3,(H,65,76)(H,66,67)(H,68,73)(H3,60,61,77)/t42-,54+/m1/s1. The SMILES string of the molecule is Cc1cccc(-c2[nH]c(CN(Cc3ccccc3-c3ccccc3)C(=O)OCc3ccc(NC(=O)[C@H](CCCNC(N)=O)CC(=O)[C@@H](NC(=O)CCCCCN4C(=O)C=CC4=O)C(C)C)cc3)nc2-c2ccc3ncnn3c2)n1. The number of unbranched alkanes of at least 4 members (excludes halogenated alkanes) is 2. The van der Waals surface area contributed by atoms with Gasteiger partial charge in [-0.2, -0.15) is 5.10 Å². The second kappa shape index (κ2) is 26.6. The summed E-state index contributed by atoms with van der Waals surface area (Å²) >= 11 is 0. The van der Waals surface area contributed by atoms with E-state index in [4.69, 9.17) is 20.4 Å². The minimum Gasteiger partial charge on any atom is -0.445 e. The molecule has 0 saturated heterocycles. The van der Waals surface area contributed by atoms with E-state index in [1.165, 1.54) is 18.5 Å². The fourth-order valence-corrected chi connectivity index (χ4v) is 9.33. The molecule has 20 nitrogen and oxygen atoms in total. The summed E-state index contributed by atoms with van der Waals surface area (Å²) in [6.45, 7) is 6.10. The molecule has 79 heavy (non-hydrogen) atoms. The number of pyridine rings is 2. The van der Waals surface area contributed by atoms with E-state index < -0.39 is 30.0 Å². The highest BCUT2D eigenvalue weighted by Gasteiger charge is 2.30. The molecule has 0 radical (unpaired) electrons. The van der Waals surface area contributed by atoms with Crippen LogP contribution in [0.1, 0.15) is 81.4 Å². The molecule has 4 aromatic heterocycles. The lowest BCUT2D eigenvalue weighted by Gasteiger charge is -2.24. The largest absolute Gasteiger partial charge is 0.445 e. The lowest BCUT2D eigenvalue weighted by Crippen LogP contribution is -2.45. The van der Waals surface area contributed by atoms with Gasteiger partial charge in [0.15, 0.2) is 11.4 Å². The number of aryl methyl sites for hydroxylation is 1. The summed E-state index contributed by atoms with van der Waals surface area (Å²) in [5, 5.41) is 12.6. The van der Waals surface area contributed by atoms with E-state index >= 15 is 0 Å². The second-order valence-corrected chi connectivity index (χ2v) is 19.7. The zero-order chi connectivity index (χ0) is 55.8. The quantitative estimate of drug-likeness (QED) is 0.0254. The fraction of sp³-hybridized carbons (Fsp3) is 0.305. The third-order valence-corrected chi connectivity index (χ3v) is 13.5. The van der Waals surface area contributed by atoms with Crippen LogP contribution in [-0.2, 0) is 48.4 Å². The van der Waals surface area contributed by atoms with Crippen molar-refractivity contribution >= 4 is 52.9 Å². The molecular formula is C59H64N12O8. The third-order valence-electron chi connectivity index (χ3n) is 13.5. The number of primary amides is 1. The molecule has 0 saturated carbocycles. The number of nitrogens with one attached hydrogen (secondary N) is 4. The Balaban J connectivity index is 0.939. The number of carbonyl (C=O) groups is 7. The molecule has 7 amide bonds. The van der Waals surface area contributed by atoms with E-state index in [1.54, 1.807) is 33.7 Å². The third kappa shape index (κ3) is 15.2. The molecule has 0 unspecified atom stereocenters. The predicted molar refractivity (Wildman–Crippen MR) is 296 cm³/mol. The van der Waals surface area contributed by atoms with Gasteiger partial charge in [-0.1, -0.05) is 93.1 Å². The second-order valence-electron chi connectivity index (χ2n) is 19.7. The van der Waals surface area contributed by atoms with Gasteiger partial charge in [0.25, 0.3) is 11.8 Å². The molecule has 0 fully saturated rings. The number of anilines is 1. The summed E-state index contributed by atoms with van der Waals surface area (Å²) in [7, 11) is 0. The van der Waals surface area contributed by atoms with Gasteiger partial charge in [0.2, 0.25) is 11.8 Å². The van der Waals surface area contributed by atoms with Crippen LogP contribution in [0.3, 0.4) is 0 Å². The van der Waals surface area contributed by atoms with E-state index in [0.717, 1.165) is 32.8 Å². The van der Waals surface area contributed by atoms with Gasteiger partial charge in [-0.25, -0.2) is 24.1 Å². The molecule has 1 aliphatic heterocycles. The van der Waals surface area contributed by atoms with Gasteiger partial charge in [-0.05, 0) is 97.2 Å². The number of aromatic nitrogens is 6. The summed E-state index contributed by atoms with van der Waals surface area (Å²) in [5.74, 6) is -2.39. The van der Waals surface area contributed by atoms with E-state index in [2.05, 4.69) is 31.0 Å². The molecule has 408 valence electrons. The maximum atomic E-state index is 14.4. The summed E-state index contributed by atoms with van der Waals surface area (Å²) in [4.78, 5) is 111. The Bertz CT molecular complexity index is 3320. The Morgan fingerprint density at radius 3 is 2.30 bits per heavy atom. The number of imide groups is 1. The molecule has 6 N–H and O–H groups in total. The highest BCUT2D eigenvalue weighted by Crippen LogP contribution is 2.31. The lowest BCUT2D eigenvalue weighted by molar-refractivity contribution is -0.137. The van der Waals surface area contributed by atoms with Crippen molar-refractivity contribution in [2.24, 2.45) is 17.6 Å². The number of fused-ring (bicyclic) bond motifs is 1. The maximum absolute atomic E-state index is 14.4. The van der Waals surface area contributed by atoms with Gasteiger partial charge in [-0.3, -0.25) is 38.8 Å². The van der Waals surface area contributed by atoms with Crippen LogP contribution in [-0.4, -0.2) is 100 Å². The molecule has 0 bridgehead atoms. The number of ether oxygens (including phenoxy) is 1. The van der Waals surface area contributed by atoms with Crippen LogP contribution in [0.4, 0.5) is 15.3 Å². The van der Waals surface area contributed by atoms with Crippen LogP contribution in [0.5, 0.6) is 0 Å². The van der Waals surface area contributed by atoms with Crippen LogP contribution in [0, 0.1) is 18.8 Å². The van der Waals surface area contributed by atoms with Crippen molar-refractivity contribution in [3.63, 3.8) is 0 Å². The number of nitrogens with two attached hydrogens (primary N) is 1.